The van der Waals surface area contributed by atoms with Crippen molar-refractivity contribution in [2.75, 3.05) is 18.0 Å². The molecule has 2 N–H and O–H groups in total. The minimum atomic E-state index is -0.925. The normalized spacial score (nSPS) is 24.6. The Morgan fingerprint density at radius 1 is 1.11 bits per heavy atom. The van der Waals surface area contributed by atoms with Crippen molar-refractivity contribution in [3.8, 4) is 0 Å². The molecule has 5 heteroatoms. The number of rotatable bonds is 4. The first kappa shape index (κ1) is 17.7. The molecule has 2 aromatic rings. The molecule has 2 aliphatic rings. The number of hydrogen-bond acceptors (Lipinski definition) is 3. The van der Waals surface area contributed by atoms with Gasteiger partial charge in [0, 0.05) is 31.6 Å². The van der Waals surface area contributed by atoms with E-state index in [1.54, 1.807) is 4.90 Å². The lowest BCUT2D eigenvalue weighted by Crippen LogP contribution is -2.48. The number of nitrogens with one attached hydrogen (secondary N) is 1. The first-order valence-corrected chi connectivity index (χ1v) is 9.46. The number of aliphatic hydroxyl groups is 1. The Kier molecular flexibility index (Phi) is 4.70. The van der Waals surface area contributed by atoms with Gasteiger partial charge in [-0.25, -0.2) is 0 Å². The molecule has 1 heterocycles. The van der Waals surface area contributed by atoms with Crippen LogP contribution in [0.2, 0.25) is 0 Å². The molecule has 1 aliphatic heterocycles. The number of benzene rings is 2. The van der Waals surface area contributed by atoms with Crippen molar-refractivity contribution in [3.05, 3.63) is 65.7 Å². The summed E-state index contributed by atoms with van der Waals surface area (Å²) >= 11 is 0. The van der Waals surface area contributed by atoms with E-state index in [2.05, 4.69) is 11.4 Å². The highest BCUT2D eigenvalue weighted by Gasteiger charge is 2.37. The molecule has 2 aromatic carbocycles. The number of aryl methyl sites for hydroxylation is 1. The van der Waals surface area contributed by atoms with E-state index in [-0.39, 0.29) is 30.7 Å². The van der Waals surface area contributed by atoms with Gasteiger partial charge in [0.15, 0.2) is 0 Å². The van der Waals surface area contributed by atoms with Gasteiger partial charge in [-0.15, -0.1) is 0 Å². The van der Waals surface area contributed by atoms with Crippen LogP contribution in [-0.2, 0) is 22.4 Å². The first-order valence-electron chi connectivity index (χ1n) is 9.46. The van der Waals surface area contributed by atoms with Crippen LogP contribution in [-0.4, -0.2) is 35.6 Å². The maximum Gasteiger partial charge on any atom is 0.227 e. The van der Waals surface area contributed by atoms with Crippen LogP contribution in [0.1, 0.15) is 24.0 Å². The highest BCUT2D eigenvalue weighted by Crippen LogP contribution is 2.29. The molecule has 5 nitrogen and oxygen atoms in total. The lowest BCUT2D eigenvalue weighted by molar-refractivity contribution is -0.127. The van der Waals surface area contributed by atoms with E-state index in [1.807, 2.05) is 48.5 Å². The minimum absolute atomic E-state index is 0.0355. The maximum atomic E-state index is 12.6. The third-order valence-corrected chi connectivity index (χ3v) is 5.65. The average Bonchev–Trinajstić information content (AvgIpc) is 3.08. The molecule has 140 valence electrons. The quantitative estimate of drug-likeness (QED) is 0.873. The van der Waals surface area contributed by atoms with Crippen LogP contribution < -0.4 is 10.2 Å². The van der Waals surface area contributed by atoms with Crippen molar-refractivity contribution in [1.29, 1.82) is 0 Å². The second-order valence-electron chi connectivity index (χ2n) is 7.63. The van der Waals surface area contributed by atoms with Gasteiger partial charge in [0.2, 0.25) is 11.8 Å². The van der Waals surface area contributed by atoms with E-state index < -0.39 is 5.60 Å². The molecular formula is C22H24N2O3. The molecule has 1 saturated heterocycles. The summed E-state index contributed by atoms with van der Waals surface area (Å²) in [6.45, 7) is 0.603. The summed E-state index contributed by atoms with van der Waals surface area (Å²) in [6, 6.07) is 17.5. The van der Waals surface area contributed by atoms with Gasteiger partial charge in [0.25, 0.3) is 0 Å². The second-order valence-corrected chi connectivity index (χ2v) is 7.63. The lowest BCUT2D eigenvalue weighted by Gasteiger charge is -2.34. The van der Waals surface area contributed by atoms with Gasteiger partial charge in [0.1, 0.15) is 0 Å². The first-order chi connectivity index (χ1) is 13.0. The van der Waals surface area contributed by atoms with Crippen molar-refractivity contribution in [1.82, 2.24) is 5.32 Å². The number of para-hydroxylation sites is 1. The summed E-state index contributed by atoms with van der Waals surface area (Å²) < 4.78 is 0. The highest BCUT2D eigenvalue weighted by molar-refractivity contribution is 6.00. The van der Waals surface area contributed by atoms with Crippen molar-refractivity contribution in [2.24, 2.45) is 5.92 Å². The number of hydrogen-bond donors (Lipinski definition) is 2. The molecule has 0 bridgehead atoms. The predicted octanol–water partition coefficient (Wildman–Crippen LogP) is 2.08. The van der Waals surface area contributed by atoms with Crippen LogP contribution in [0, 0.1) is 5.92 Å². The molecule has 0 saturated carbocycles. The van der Waals surface area contributed by atoms with Gasteiger partial charge < -0.3 is 15.3 Å². The topological polar surface area (TPSA) is 69.6 Å². The van der Waals surface area contributed by atoms with E-state index in [4.69, 9.17) is 0 Å². The summed E-state index contributed by atoms with van der Waals surface area (Å²) in [5, 5.41) is 13.8. The smallest absolute Gasteiger partial charge is 0.227 e. The van der Waals surface area contributed by atoms with Gasteiger partial charge in [-0.05, 0) is 36.1 Å². The average molecular weight is 364 g/mol. The van der Waals surface area contributed by atoms with Gasteiger partial charge in [-0.1, -0.05) is 42.5 Å². The van der Waals surface area contributed by atoms with E-state index in [0.29, 0.717) is 19.4 Å². The van der Waals surface area contributed by atoms with Crippen LogP contribution in [0.4, 0.5) is 5.69 Å². The zero-order chi connectivity index (χ0) is 18.9. The largest absolute Gasteiger partial charge is 0.388 e. The Hall–Kier alpha value is -2.66. The monoisotopic (exact) mass is 364 g/mol. The fraction of sp³-hybridized carbons (Fsp3) is 0.364. The fourth-order valence-electron chi connectivity index (χ4n) is 4.07. The zero-order valence-corrected chi connectivity index (χ0v) is 15.2. The van der Waals surface area contributed by atoms with E-state index in [0.717, 1.165) is 17.7 Å². The number of amides is 2. The summed E-state index contributed by atoms with van der Waals surface area (Å²) in [5.41, 5.74) is 2.31. The second kappa shape index (κ2) is 7.16. The van der Waals surface area contributed by atoms with Gasteiger partial charge in [-0.2, -0.15) is 0 Å². The van der Waals surface area contributed by atoms with Crippen LogP contribution in [0.25, 0.3) is 0 Å². The Morgan fingerprint density at radius 2 is 1.81 bits per heavy atom. The molecule has 0 spiro atoms. The van der Waals surface area contributed by atoms with Crippen LogP contribution >= 0.6 is 0 Å². The molecule has 2 atom stereocenters. The number of fused-ring (bicyclic) bond motifs is 1. The minimum Gasteiger partial charge on any atom is -0.388 e. The Balaban J connectivity index is 1.36. The van der Waals surface area contributed by atoms with Crippen LogP contribution in [0.5, 0.6) is 0 Å². The van der Waals surface area contributed by atoms with Crippen LogP contribution in [0.15, 0.2) is 54.6 Å². The SMILES string of the molecule is O=C(NCC1(O)CCc2ccccc2C1)C1CC(=O)N(c2ccccc2)C1. The Bertz CT molecular complexity index is 852. The van der Waals surface area contributed by atoms with Crippen molar-refractivity contribution >= 4 is 17.5 Å². The third kappa shape index (κ3) is 3.74. The van der Waals surface area contributed by atoms with Crippen molar-refractivity contribution < 1.29 is 14.7 Å². The highest BCUT2D eigenvalue weighted by atomic mass is 16.3. The van der Waals surface area contributed by atoms with Crippen molar-refractivity contribution in [2.45, 2.75) is 31.3 Å². The van der Waals surface area contributed by atoms with E-state index in [1.165, 1.54) is 5.56 Å². The molecule has 4 rings (SSSR count). The molecule has 2 amide bonds. The molecular weight excluding hydrogens is 340 g/mol. The summed E-state index contributed by atoms with van der Waals surface area (Å²) in [5.74, 6) is -0.571. The standard InChI is InChI=1S/C22H24N2O3/c25-20-12-18(14-24(20)19-8-2-1-3-9-19)21(26)23-15-22(27)11-10-16-6-4-5-7-17(16)13-22/h1-9,18,27H,10-15H2,(H,23,26). The summed E-state index contributed by atoms with van der Waals surface area (Å²) in [6.07, 6.45) is 2.20. The molecule has 2 unspecified atom stereocenters. The molecule has 0 radical (unpaired) electrons. The summed E-state index contributed by atoms with van der Waals surface area (Å²) in [7, 11) is 0. The maximum absolute atomic E-state index is 12.6. The number of anilines is 1. The fourth-order valence-corrected chi connectivity index (χ4v) is 4.07. The predicted molar refractivity (Wildman–Crippen MR) is 103 cm³/mol. The summed E-state index contributed by atoms with van der Waals surface area (Å²) in [4.78, 5) is 26.6. The van der Waals surface area contributed by atoms with E-state index in [9.17, 15) is 14.7 Å². The van der Waals surface area contributed by atoms with Crippen LogP contribution in [0.3, 0.4) is 0 Å². The van der Waals surface area contributed by atoms with Gasteiger partial charge >= 0.3 is 0 Å². The molecule has 1 aliphatic carbocycles. The number of carbonyl (C=O) groups excluding carboxylic acids is 2. The molecule has 0 aromatic heterocycles. The Labute approximate surface area is 159 Å². The molecule has 1 fully saturated rings. The number of carbonyl (C=O) groups is 2. The lowest BCUT2D eigenvalue weighted by atomic mass is 9.80. The molecule has 27 heavy (non-hydrogen) atoms. The third-order valence-electron chi connectivity index (χ3n) is 5.65. The Morgan fingerprint density at radius 3 is 2.59 bits per heavy atom. The van der Waals surface area contributed by atoms with Crippen molar-refractivity contribution in [3.63, 3.8) is 0 Å². The van der Waals surface area contributed by atoms with E-state index >= 15 is 0 Å². The van der Waals surface area contributed by atoms with Gasteiger partial charge in [-0.3, -0.25) is 9.59 Å². The van der Waals surface area contributed by atoms with Gasteiger partial charge in [0.05, 0.1) is 11.5 Å². The zero-order valence-electron chi connectivity index (χ0n) is 15.2. The number of nitrogens with zero attached hydrogens (tertiary/aromatic N) is 1.